The molecule has 136 valence electrons. The third-order valence-corrected chi connectivity index (χ3v) is 7.79. The summed E-state index contributed by atoms with van der Waals surface area (Å²) in [6, 6.07) is 0. The summed E-state index contributed by atoms with van der Waals surface area (Å²) in [5.41, 5.74) is 0. The van der Waals surface area contributed by atoms with Crippen molar-refractivity contribution >= 4 is 7.26 Å². The van der Waals surface area contributed by atoms with Crippen LogP contribution in [0.3, 0.4) is 0 Å². The van der Waals surface area contributed by atoms with Crippen molar-refractivity contribution in [3.8, 4) is 0 Å². The Balaban J connectivity index is 0. The molecule has 0 aliphatic heterocycles. The number of hydrogen-bond donors (Lipinski definition) is 0. The van der Waals surface area contributed by atoms with Gasteiger partial charge in [-0.15, -0.1) is 0 Å². The maximum atomic E-state index is 2.60. The van der Waals surface area contributed by atoms with E-state index in [9.17, 15) is 0 Å². The number of rotatable bonds is 16. The summed E-state index contributed by atoms with van der Waals surface area (Å²) in [5, 5.41) is 0. The first-order valence-corrected chi connectivity index (χ1v) is 13.0. The molecule has 0 radical (unpaired) electrons. The molecule has 0 aromatic carbocycles. The van der Waals surface area contributed by atoms with Crippen LogP contribution in [-0.4, -0.2) is 25.7 Å². The van der Waals surface area contributed by atoms with E-state index in [1.165, 1.54) is 89.9 Å². The average molecular weight is 442 g/mol. The van der Waals surface area contributed by atoms with Crippen LogP contribution in [0.5, 0.6) is 0 Å². The average Bonchev–Trinajstić information content (AvgIpc) is 2.45. The minimum atomic E-state index is -0.565. The van der Waals surface area contributed by atoms with Gasteiger partial charge in [0.1, 0.15) is 0 Å². The van der Waals surface area contributed by atoms with E-state index in [0.29, 0.717) is 0 Å². The smallest absolute Gasteiger partial charge is 0.0589 e. The standard InChI is InChI=1S/C20H44P.HI/c1-5-7-9-11-13-15-17-19-21(3,4)20-18-16-14-12-10-8-6-2;/h5-20H2,1-4H3;1H/q+1;/p-1. The van der Waals surface area contributed by atoms with Gasteiger partial charge in [0.05, 0.1) is 12.3 Å². The summed E-state index contributed by atoms with van der Waals surface area (Å²) in [7, 11) is -0.565. The molecular weight excluding hydrogens is 398 g/mol. The topological polar surface area (TPSA) is 0 Å². The lowest BCUT2D eigenvalue weighted by molar-refractivity contribution is -0.00000497. The van der Waals surface area contributed by atoms with Gasteiger partial charge in [-0.2, -0.15) is 0 Å². The number of halogens is 1. The molecular formula is C20H44IP. The van der Waals surface area contributed by atoms with Crippen LogP contribution in [0.4, 0.5) is 0 Å². The molecule has 0 aromatic heterocycles. The SMILES string of the molecule is CCCCCCCCC[P+](C)(C)CCCCCCCCC.[I-]. The van der Waals surface area contributed by atoms with Crippen LogP contribution in [0, 0.1) is 0 Å². The maximum Gasteiger partial charge on any atom is 0.0589 e. The molecule has 0 N–H and O–H groups in total. The van der Waals surface area contributed by atoms with Crippen molar-refractivity contribution in [1.29, 1.82) is 0 Å². The van der Waals surface area contributed by atoms with E-state index < -0.39 is 7.26 Å². The molecule has 0 aromatic rings. The van der Waals surface area contributed by atoms with E-state index in [4.69, 9.17) is 0 Å². The Labute approximate surface area is 160 Å². The second-order valence-corrected chi connectivity index (χ2v) is 12.4. The highest BCUT2D eigenvalue weighted by Crippen LogP contribution is 2.52. The highest BCUT2D eigenvalue weighted by molar-refractivity contribution is 7.74. The molecule has 0 aliphatic rings. The van der Waals surface area contributed by atoms with Crippen molar-refractivity contribution in [2.45, 2.75) is 104 Å². The third kappa shape index (κ3) is 19.2. The fourth-order valence-corrected chi connectivity index (χ4v) is 5.49. The van der Waals surface area contributed by atoms with Crippen molar-refractivity contribution in [3.05, 3.63) is 0 Å². The van der Waals surface area contributed by atoms with Crippen LogP contribution in [0.15, 0.2) is 0 Å². The lowest BCUT2D eigenvalue weighted by atomic mass is 10.1. The molecule has 0 fully saturated rings. The largest absolute Gasteiger partial charge is 1.00 e. The van der Waals surface area contributed by atoms with Crippen molar-refractivity contribution in [2.75, 3.05) is 25.7 Å². The van der Waals surface area contributed by atoms with Gasteiger partial charge in [-0.25, -0.2) is 0 Å². The van der Waals surface area contributed by atoms with Gasteiger partial charge in [0.25, 0.3) is 0 Å². The van der Waals surface area contributed by atoms with E-state index in [1.807, 2.05) is 0 Å². The highest BCUT2D eigenvalue weighted by Gasteiger charge is 2.23. The molecule has 0 amide bonds. The van der Waals surface area contributed by atoms with Gasteiger partial charge >= 0.3 is 0 Å². The maximum absolute atomic E-state index is 2.60. The van der Waals surface area contributed by atoms with Crippen molar-refractivity contribution in [2.24, 2.45) is 0 Å². The van der Waals surface area contributed by atoms with Gasteiger partial charge < -0.3 is 24.0 Å². The Morgan fingerprint density at radius 2 is 0.727 bits per heavy atom. The van der Waals surface area contributed by atoms with Gasteiger partial charge in [0.15, 0.2) is 0 Å². The van der Waals surface area contributed by atoms with E-state index in [2.05, 4.69) is 27.2 Å². The molecule has 0 aliphatic carbocycles. The second kappa shape index (κ2) is 18.5. The zero-order chi connectivity index (χ0) is 15.8. The van der Waals surface area contributed by atoms with Gasteiger partial charge in [-0.05, 0) is 25.7 Å². The zero-order valence-electron chi connectivity index (χ0n) is 16.1. The predicted octanol–water partition coefficient (Wildman–Crippen LogP) is 4.77. The monoisotopic (exact) mass is 442 g/mol. The van der Waals surface area contributed by atoms with Crippen molar-refractivity contribution in [3.63, 3.8) is 0 Å². The Hall–Kier alpha value is 1.16. The minimum Gasteiger partial charge on any atom is -1.00 e. The first-order valence-electron chi connectivity index (χ1n) is 9.94. The molecule has 0 saturated carbocycles. The molecule has 0 bridgehead atoms. The molecule has 2 heteroatoms. The van der Waals surface area contributed by atoms with E-state index in [0.717, 1.165) is 0 Å². The molecule has 0 rings (SSSR count). The molecule has 0 spiro atoms. The molecule has 0 atom stereocenters. The minimum absolute atomic E-state index is 0. The van der Waals surface area contributed by atoms with Gasteiger partial charge in [-0.3, -0.25) is 0 Å². The first kappa shape index (κ1) is 25.4. The summed E-state index contributed by atoms with van der Waals surface area (Å²) in [4.78, 5) is 0. The molecule has 0 unspecified atom stereocenters. The van der Waals surface area contributed by atoms with Gasteiger partial charge in [0, 0.05) is 20.6 Å². The Morgan fingerprint density at radius 1 is 0.455 bits per heavy atom. The molecule has 0 nitrogen and oxygen atoms in total. The molecule has 0 heterocycles. The van der Waals surface area contributed by atoms with E-state index >= 15 is 0 Å². The number of unbranched alkanes of at least 4 members (excludes halogenated alkanes) is 12. The third-order valence-electron chi connectivity index (χ3n) is 4.73. The first-order chi connectivity index (χ1) is 10.1. The van der Waals surface area contributed by atoms with Crippen LogP contribution >= 0.6 is 7.26 Å². The fraction of sp³-hybridized carbons (Fsp3) is 1.00. The Kier molecular flexibility index (Phi) is 21.4. The highest BCUT2D eigenvalue weighted by atomic mass is 127. The summed E-state index contributed by atoms with van der Waals surface area (Å²) < 4.78 is 0. The summed E-state index contributed by atoms with van der Waals surface area (Å²) in [6.07, 6.45) is 23.6. The van der Waals surface area contributed by atoms with Crippen molar-refractivity contribution < 1.29 is 24.0 Å². The van der Waals surface area contributed by atoms with Crippen LogP contribution in [0.2, 0.25) is 0 Å². The van der Waals surface area contributed by atoms with E-state index in [-0.39, 0.29) is 24.0 Å². The Bertz CT molecular complexity index is 184. The summed E-state index contributed by atoms with van der Waals surface area (Å²) >= 11 is 0. The van der Waals surface area contributed by atoms with Gasteiger partial charge in [-0.1, -0.05) is 78.1 Å². The zero-order valence-corrected chi connectivity index (χ0v) is 19.2. The summed E-state index contributed by atoms with van der Waals surface area (Å²) in [6.45, 7) is 9.80. The number of hydrogen-bond acceptors (Lipinski definition) is 0. The Morgan fingerprint density at radius 3 is 1.05 bits per heavy atom. The summed E-state index contributed by atoms with van der Waals surface area (Å²) in [5.74, 6) is 0. The lowest BCUT2D eigenvalue weighted by Crippen LogP contribution is -3.00. The van der Waals surface area contributed by atoms with Crippen LogP contribution in [-0.2, 0) is 0 Å². The fourth-order valence-electron chi connectivity index (χ4n) is 3.11. The van der Waals surface area contributed by atoms with Gasteiger partial charge in [0.2, 0.25) is 0 Å². The molecule has 0 saturated heterocycles. The van der Waals surface area contributed by atoms with Crippen LogP contribution < -0.4 is 24.0 Å². The van der Waals surface area contributed by atoms with Crippen molar-refractivity contribution in [1.82, 2.24) is 0 Å². The predicted molar refractivity (Wildman–Crippen MR) is 104 cm³/mol. The van der Waals surface area contributed by atoms with Crippen LogP contribution in [0.25, 0.3) is 0 Å². The molecule has 22 heavy (non-hydrogen) atoms. The lowest BCUT2D eigenvalue weighted by Gasteiger charge is -2.18. The second-order valence-electron chi connectivity index (χ2n) is 7.63. The van der Waals surface area contributed by atoms with E-state index in [1.54, 1.807) is 12.3 Å². The van der Waals surface area contributed by atoms with Crippen LogP contribution in [0.1, 0.15) is 104 Å². The normalized spacial score (nSPS) is 11.5. The quantitative estimate of drug-likeness (QED) is 0.184.